The molecule has 1 atom stereocenters. The molecule has 0 bridgehead atoms. The Hall–Kier alpha value is -0.180. The second-order valence-electron chi connectivity index (χ2n) is 6.13. The van der Waals surface area contributed by atoms with Crippen molar-refractivity contribution >= 4 is 16.9 Å². The van der Waals surface area contributed by atoms with Crippen LogP contribution < -0.4 is 5.32 Å². The van der Waals surface area contributed by atoms with Crippen molar-refractivity contribution in [1.82, 2.24) is 5.32 Å². The van der Waals surface area contributed by atoms with Gasteiger partial charge in [0, 0.05) is 18.3 Å². The lowest BCUT2D eigenvalue weighted by atomic mass is 9.89. The summed E-state index contributed by atoms with van der Waals surface area (Å²) < 4.78 is 0. The summed E-state index contributed by atoms with van der Waals surface area (Å²) in [4.78, 5) is 4.82. The highest BCUT2D eigenvalue weighted by molar-refractivity contribution is 8.13. The van der Waals surface area contributed by atoms with Crippen molar-refractivity contribution in [1.29, 1.82) is 0 Å². The molecule has 1 saturated carbocycles. The van der Waals surface area contributed by atoms with Crippen LogP contribution in [0.1, 0.15) is 59.3 Å². The summed E-state index contributed by atoms with van der Waals surface area (Å²) in [6.07, 6.45) is 8.16. The number of thioether (sulfide) groups is 1. The Labute approximate surface area is 116 Å². The first kappa shape index (κ1) is 14.2. The molecule has 0 amide bonds. The van der Waals surface area contributed by atoms with Gasteiger partial charge in [0.15, 0.2) is 5.17 Å². The topological polar surface area (TPSA) is 24.4 Å². The lowest BCUT2D eigenvalue weighted by molar-refractivity contribution is 0.355. The van der Waals surface area contributed by atoms with Gasteiger partial charge < -0.3 is 5.32 Å². The van der Waals surface area contributed by atoms with Crippen molar-refractivity contribution in [2.45, 2.75) is 65.3 Å². The third-order valence-electron chi connectivity index (χ3n) is 4.84. The Morgan fingerprint density at radius 3 is 2.44 bits per heavy atom. The number of hydrogen-bond acceptors (Lipinski definition) is 3. The SMILES string of the molecule is CCC(CC)C(C)NC1=NCC2(CCCC2)CS1. The first-order valence-electron chi connectivity index (χ1n) is 7.63. The van der Waals surface area contributed by atoms with E-state index in [0.717, 1.165) is 12.5 Å². The maximum absolute atomic E-state index is 4.82. The minimum absolute atomic E-state index is 0.559. The van der Waals surface area contributed by atoms with Crippen molar-refractivity contribution in [3.8, 4) is 0 Å². The molecule has 0 radical (unpaired) electrons. The zero-order chi connectivity index (χ0) is 13.0. The van der Waals surface area contributed by atoms with E-state index < -0.39 is 0 Å². The van der Waals surface area contributed by atoms with Crippen LogP contribution in [-0.4, -0.2) is 23.5 Å². The molecule has 2 rings (SSSR count). The Kier molecular flexibility index (Phi) is 4.99. The van der Waals surface area contributed by atoms with Gasteiger partial charge in [0.05, 0.1) is 0 Å². The van der Waals surface area contributed by atoms with E-state index in [1.54, 1.807) is 0 Å². The second-order valence-corrected chi connectivity index (χ2v) is 7.09. The Morgan fingerprint density at radius 1 is 1.28 bits per heavy atom. The van der Waals surface area contributed by atoms with Gasteiger partial charge in [0.1, 0.15) is 0 Å². The summed E-state index contributed by atoms with van der Waals surface area (Å²) in [5.74, 6) is 2.06. The molecule has 1 N–H and O–H groups in total. The van der Waals surface area contributed by atoms with E-state index in [1.165, 1.54) is 49.4 Å². The average molecular weight is 268 g/mol. The van der Waals surface area contributed by atoms with Crippen LogP contribution in [-0.2, 0) is 0 Å². The minimum atomic E-state index is 0.559. The number of nitrogens with one attached hydrogen (secondary N) is 1. The maximum atomic E-state index is 4.82. The molecule has 1 aliphatic carbocycles. The van der Waals surface area contributed by atoms with Crippen molar-refractivity contribution in [2.75, 3.05) is 12.3 Å². The zero-order valence-corrected chi connectivity index (χ0v) is 13.0. The molecule has 1 fully saturated rings. The molecule has 0 aromatic carbocycles. The van der Waals surface area contributed by atoms with Crippen molar-refractivity contribution < 1.29 is 0 Å². The molecule has 1 spiro atoms. The molecule has 0 aromatic rings. The fourth-order valence-electron chi connectivity index (χ4n) is 3.38. The number of nitrogens with zero attached hydrogens (tertiary/aromatic N) is 1. The standard InChI is InChI=1S/C15H28N2S/c1-4-13(5-2)12(3)17-14-16-10-15(11-18-14)8-6-7-9-15/h12-13H,4-11H2,1-3H3,(H,16,17). The van der Waals surface area contributed by atoms with Gasteiger partial charge in [-0.1, -0.05) is 51.3 Å². The highest BCUT2D eigenvalue weighted by atomic mass is 32.2. The van der Waals surface area contributed by atoms with Crippen molar-refractivity contribution in [2.24, 2.45) is 16.3 Å². The van der Waals surface area contributed by atoms with Crippen LogP contribution in [0.25, 0.3) is 0 Å². The van der Waals surface area contributed by atoms with Crippen LogP contribution in [0.4, 0.5) is 0 Å². The molecule has 1 heterocycles. The first-order valence-corrected chi connectivity index (χ1v) is 8.61. The quantitative estimate of drug-likeness (QED) is 0.831. The molecule has 0 saturated heterocycles. The van der Waals surface area contributed by atoms with Crippen LogP contribution in [0.15, 0.2) is 4.99 Å². The van der Waals surface area contributed by atoms with E-state index >= 15 is 0 Å². The summed E-state index contributed by atoms with van der Waals surface area (Å²) >= 11 is 1.96. The van der Waals surface area contributed by atoms with Crippen LogP contribution in [0.2, 0.25) is 0 Å². The Morgan fingerprint density at radius 2 is 1.94 bits per heavy atom. The van der Waals surface area contributed by atoms with E-state index in [-0.39, 0.29) is 0 Å². The number of hydrogen-bond donors (Lipinski definition) is 1. The molecule has 2 aliphatic rings. The van der Waals surface area contributed by atoms with Crippen LogP contribution >= 0.6 is 11.8 Å². The molecule has 0 aromatic heterocycles. The Bertz CT molecular complexity index is 291. The van der Waals surface area contributed by atoms with Crippen molar-refractivity contribution in [3.63, 3.8) is 0 Å². The zero-order valence-electron chi connectivity index (χ0n) is 12.2. The van der Waals surface area contributed by atoms with Gasteiger partial charge in [-0.05, 0) is 31.1 Å². The largest absolute Gasteiger partial charge is 0.362 e. The van der Waals surface area contributed by atoms with Gasteiger partial charge in [-0.25, -0.2) is 0 Å². The van der Waals surface area contributed by atoms with Gasteiger partial charge in [0.2, 0.25) is 0 Å². The molecule has 104 valence electrons. The number of aliphatic imine (C=N–C) groups is 1. The van der Waals surface area contributed by atoms with Gasteiger partial charge in [-0.15, -0.1) is 0 Å². The fraction of sp³-hybridized carbons (Fsp3) is 0.933. The van der Waals surface area contributed by atoms with E-state index in [1.807, 2.05) is 11.8 Å². The van der Waals surface area contributed by atoms with Gasteiger partial charge >= 0.3 is 0 Å². The van der Waals surface area contributed by atoms with Crippen molar-refractivity contribution in [3.05, 3.63) is 0 Å². The van der Waals surface area contributed by atoms with E-state index in [9.17, 15) is 0 Å². The summed E-state index contributed by atoms with van der Waals surface area (Å²) in [6, 6.07) is 0.559. The lowest BCUT2D eigenvalue weighted by Crippen LogP contribution is -2.40. The van der Waals surface area contributed by atoms with Crippen LogP contribution in [0, 0.1) is 11.3 Å². The fourth-order valence-corrected chi connectivity index (χ4v) is 4.62. The summed E-state index contributed by atoms with van der Waals surface area (Å²) in [5, 5.41) is 4.84. The highest BCUT2D eigenvalue weighted by Gasteiger charge is 2.36. The Balaban J connectivity index is 1.86. The summed E-state index contributed by atoms with van der Waals surface area (Å²) in [7, 11) is 0. The highest BCUT2D eigenvalue weighted by Crippen LogP contribution is 2.43. The number of rotatable bonds is 4. The normalized spacial score (nSPS) is 24.3. The molecule has 2 nitrogen and oxygen atoms in total. The molecule has 3 heteroatoms. The number of amidine groups is 1. The third kappa shape index (κ3) is 3.23. The molecular weight excluding hydrogens is 240 g/mol. The summed E-state index contributed by atoms with van der Waals surface area (Å²) in [6.45, 7) is 7.95. The van der Waals surface area contributed by atoms with Gasteiger partial charge in [-0.3, -0.25) is 4.99 Å². The smallest absolute Gasteiger partial charge is 0.156 e. The molecule has 1 unspecified atom stereocenters. The minimum Gasteiger partial charge on any atom is -0.362 e. The summed E-state index contributed by atoms with van der Waals surface area (Å²) in [5.41, 5.74) is 0.563. The van der Waals surface area contributed by atoms with Crippen LogP contribution in [0.3, 0.4) is 0 Å². The van der Waals surface area contributed by atoms with E-state index in [0.29, 0.717) is 11.5 Å². The molecule has 18 heavy (non-hydrogen) atoms. The second kappa shape index (κ2) is 6.31. The average Bonchev–Trinajstić information content (AvgIpc) is 2.83. The van der Waals surface area contributed by atoms with E-state index in [4.69, 9.17) is 4.99 Å². The van der Waals surface area contributed by atoms with Gasteiger partial charge in [0.25, 0.3) is 0 Å². The van der Waals surface area contributed by atoms with Crippen LogP contribution in [0.5, 0.6) is 0 Å². The third-order valence-corrected chi connectivity index (χ3v) is 6.12. The maximum Gasteiger partial charge on any atom is 0.156 e. The predicted molar refractivity (Wildman–Crippen MR) is 82.3 cm³/mol. The lowest BCUT2D eigenvalue weighted by Gasteiger charge is -2.33. The first-order chi connectivity index (χ1) is 8.69. The molecular formula is C15H28N2S. The molecule has 1 aliphatic heterocycles. The van der Waals surface area contributed by atoms with E-state index in [2.05, 4.69) is 26.1 Å². The monoisotopic (exact) mass is 268 g/mol. The van der Waals surface area contributed by atoms with Gasteiger partial charge in [-0.2, -0.15) is 0 Å². The predicted octanol–water partition coefficient (Wildman–Crippen LogP) is 4.06.